The van der Waals surface area contributed by atoms with Gasteiger partial charge in [0.2, 0.25) is 0 Å². The Kier molecular flexibility index (Phi) is 7.68. The van der Waals surface area contributed by atoms with Gasteiger partial charge in [-0.15, -0.1) is 0 Å². The minimum Gasteiger partial charge on any atom is -0.790 e. The summed E-state index contributed by atoms with van der Waals surface area (Å²) in [6, 6.07) is 0. The van der Waals surface area contributed by atoms with E-state index in [9.17, 15) is 50.1 Å². The van der Waals surface area contributed by atoms with Gasteiger partial charge in [0.15, 0.2) is 12.6 Å². The molecule has 15 heteroatoms. The molecule has 0 bridgehead atoms. The predicted molar refractivity (Wildman–Crippen MR) is 75.1 cm³/mol. The van der Waals surface area contributed by atoms with Crippen molar-refractivity contribution in [1.29, 1.82) is 0 Å². The first kappa shape index (κ1) is 23.0. The van der Waals surface area contributed by atoms with E-state index in [1.807, 2.05) is 0 Å². The monoisotopic (exact) mass is 420 g/mol. The van der Waals surface area contributed by atoms with Gasteiger partial charge in [-0.3, -0.25) is 0 Å². The SMILES string of the molecule is O=P([O-])([O-])OC[C@H]1O[C@@H](O[C@H]2[C@H](O)[C@@H](O)[C@@H](O)O[C@@H]2CO)[C@H](O)[C@@H](O)[C@@H]1O. The molecule has 2 saturated heterocycles. The van der Waals surface area contributed by atoms with Crippen LogP contribution < -0.4 is 9.79 Å². The molecule has 0 unspecified atom stereocenters. The lowest BCUT2D eigenvalue weighted by molar-refractivity contribution is -0.362. The third-order valence-electron chi connectivity index (χ3n) is 4.20. The average molecular weight is 420 g/mol. The smallest absolute Gasteiger partial charge is 0.187 e. The minimum atomic E-state index is -5.42. The van der Waals surface area contributed by atoms with Gasteiger partial charge in [0, 0.05) is 0 Å². The molecule has 2 rings (SSSR count). The summed E-state index contributed by atoms with van der Waals surface area (Å²) in [7, 11) is -5.42. The molecular weight excluding hydrogens is 399 g/mol. The van der Waals surface area contributed by atoms with Crippen LogP contribution in [0.5, 0.6) is 0 Å². The molecule has 0 radical (unpaired) electrons. The predicted octanol–water partition coefficient (Wildman–Crippen LogP) is -6.54. The number of rotatable bonds is 6. The van der Waals surface area contributed by atoms with Crippen molar-refractivity contribution in [3.8, 4) is 0 Å². The summed E-state index contributed by atoms with van der Waals surface area (Å²) in [6.45, 7) is -1.77. The second kappa shape index (κ2) is 9.02. The standard InChI is InChI=1S/C12H23O14P/c13-1-3-10(7(16)8(17)11(19)24-3)26-12-9(18)6(15)5(14)4(25-12)2-23-27(20,21)22/h3-19H,1-2H2,(H2,20,21,22)/p-2/t3-,4-,5-,6+,7-,8-,9-,10-,11+,12+/m1/s1. The highest BCUT2D eigenvalue weighted by Crippen LogP contribution is 2.31. The fourth-order valence-corrected chi connectivity index (χ4v) is 3.05. The largest absolute Gasteiger partial charge is 0.790 e. The molecule has 2 fully saturated rings. The lowest BCUT2D eigenvalue weighted by Crippen LogP contribution is -2.64. The first-order chi connectivity index (χ1) is 12.5. The second-order valence-corrected chi connectivity index (χ2v) is 7.24. The highest BCUT2D eigenvalue weighted by Gasteiger charge is 2.50. The maximum Gasteiger partial charge on any atom is 0.187 e. The molecule has 7 N–H and O–H groups in total. The zero-order valence-corrected chi connectivity index (χ0v) is 14.5. The summed E-state index contributed by atoms with van der Waals surface area (Å²) in [6.07, 6.45) is -17.5. The summed E-state index contributed by atoms with van der Waals surface area (Å²) in [5.74, 6) is 0. The van der Waals surface area contributed by atoms with Crippen LogP contribution in [0, 0.1) is 0 Å². The van der Waals surface area contributed by atoms with Crippen LogP contribution in [0.2, 0.25) is 0 Å². The lowest BCUT2D eigenvalue weighted by atomic mass is 9.97. The van der Waals surface area contributed by atoms with E-state index in [2.05, 4.69) is 4.52 Å². The Balaban J connectivity index is 2.11. The van der Waals surface area contributed by atoms with E-state index < -0.39 is 82.4 Å². The number of ether oxygens (including phenoxy) is 3. The van der Waals surface area contributed by atoms with E-state index in [-0.39, 0.29) is 0 Å². The molecule has 2 aliphatic heterocycles. The van der Waals surface area contributed by atoms with Crippen LogP contribution in [0.1, 0.15) is 0 Å². The summed E-state index contributed by atoms with van der Waals surface area (Å²) in [5, 5.41) is 68.0. The summed E-state index contributed by atoms with van der Waals surface area (Å²) in [4.78, 5) is 21.1. The van der Waals surface area contributed by atoms with E-state index >= 15 is 0 Å². The van der Waals surface area contributed by atoms with Gasteiger partial charge in [0.05, 0.1) is 21.0 Å². The lowest BCUT2D eigenvalue weighted by Gasteiger charge is -2.45. The van der Waals surface area contributed by atoms with Gasteiger partial charge in [-0.2, -0.15) is 0 Å². The maximum absolute atomic E-state index is 10.6. The molecule has 27 heavy (non-hydrogen) atoms. The Bertz CT molecular complexity index is 526. The molecule has 0 saturated carbocycles. The molecule has 14 nitrogen and oxygen atoms in total. The first-order valence-corrected chi connectivity index (χ1v) is 9.24. The van der Waals surface area contributed by atoms with Gasteiger partial charge in [-0.1, -0.05) is 0 Å². The van der Waals surface area contributed by atoms with Gasteiger partial charge in [0.25, 0.3) is 0 Å². The van der Waals surface area contributed by atoms with Crippen molar-refractivity contribution in [3.63, 3.8) is 0 Å². The highest BCUT2D eigenvalue weighted by molar-refractivity contribution is 7.43. The van der Waals surface area contributed by atoms with Crippen molar-refractivity contribution in [1.82, 2.24) is 0 Å². The average Bonchev–Trinajstić information content (AvgIpc) is 2.60. The molecule has 0 amide bonds. The Morgan fingerprint density at radius 3 is 2.04 bits per heavy atom. The number of hydrogen-bond acceptors (Lipinski definition) is 14. The number of aliphatic hydroxyl groups is 7. The van der Waals surface area contributed by atoms with Crippen molar-refractivity contribution >= 4 is 7.82 Å². The zero-order valence-electron chi connectivity index (χ0n) is 13.6. The third kappa shape index (κ3) is 5.41. The zero-order chi connectivity index (χ0) is 20.5. The van der Waals surface area contributed by atoms with Crippen molar-refractivity contribution in [3.05, 3.63) is 0 Å². The molecule has 0 aliphatic carbocycles. The Labute approximate surface area is 152 Å². The van der Waals surface area contributed by atoms with Crippen molar-refractivity contribution < 1.29 is 68.8 Å². The molecule has 160 valence electrons. The fourth-order valence-electron chi connectivity index (χ4n) is 2.72. The Hall–Kier alpha value is -0.290. The van der Waals surface area contributed by atoms with Crippen LogP contribution in [-0.2, 0) is 23.3 Å². The van der Waals surface area contributed by atoms with Crippen LogP contribution in [0.25, 0.3) is 0 Å². The third-order valence-corrected chi connectivity index (χ3v) is 4.66. The van der Waals surface area contributed by atoms with E-state index in [0.29, 0.717) is 0 Å². The quantitative estimate of drug-likeness (QED) is 0.198. The van der Waals surface area contributed by atoms with E-state index in [0.717, 1.165) is 0 Å². The second-order valence-electron chi connectivity index (χ2n) is 6.09. The highest BCUT2D eigenvalue weighted by atomic mass is 31.2. The van der Waals surface area contributed by atoms with Gasteiger partial charge in [-0.25, -0.2) is 0 Å². The Morgan fingerprint density at radius 2 is 1.48 bits per heavy atom. The molecule has 0 aromatic carbocycles. The number of phosphoric acid groups is 1. The van der Waals surface area contributed by atoms with Crippen molar-refractivity contribution in [2.75, 3.05) is 13.2 Å². The first-order valence-electron chi connectivity index (χ1n) is 7.78. The topological polar surface area (TPSA) is 242 Å². The fraction of sp³-hybridized carbons (Fsp3) is 1.00. The summed E-state index contributed by atoms with van der Waals surface area (Å²) >= 11 is 0. The van der Waals surface area contributed by atoms with Crippen LogP contribution in [-0.4, -0.2) is 110 Å². The van der Waals surface area contributed by atoms with Crippen LogP contribution in [0.3, 0.4) is 0 Å². The molecule has 0 spiro atoms. The summed E-state index contributed by atoms with van der Waals surface area (Å²) < 4.78 is 29.7. The van der Waals surface area contributed by atoms with Crippen molar-refractivity contribution in [2.24, 2.45) is 0 Å². The van der Waals surface area contributed by atoms with E-state index in [1.54, 1.807) is 0 Å². The number of aliphatic hydroxyl groups excluding tert-OH is 7. The molecule has 10 atom stereocenters. The normalized spacial score (nSPS) is 46.4. The van der Waals surface area contributed by atoms with E-state index in [4.69, 9.17) is 14.2 Å². The number of hydrogen-bond donors (Lipinski definition) is 7. The van der Waals surface area contributed by atoms with Gasteiger partial charge >= 0.3 is 0 Å². The molecule has 0 aromatic rings. The van der Waals surface area contributed by atoms with Gasteiger partial charge in [-0.05, 0) is 0 Å². The van der Waals surface area contributed by atoms with Crippen LogP contribution in [0.15, 0.2) is 0 Å². The minimum absolute atomic E-state index is 0.776. The van der Waals surface area contributed by atoms with E-state index in [1.165, 1.54) is 0 Å². The Morgan fingerprint density at radius 1 is 0.852 bits per heavy atom. The van der Waals surface area contributed by atoms with Gasteiger partial charge < -0.3 is 68.8 Å². The molecule has 0 aromatic heterocycles. The summed E-state index contributed by atoms with van der Waals surface area (Å²) in [5.41, 5.74) is 0. The maximum atomic E-state index is 10.6. The van der Waals surface area contributed by atoms with Crippen LogP contribution >= 0.6 is 7.82 Å². The number of phosphoric ester groups is 1. The molecular formula is C12H21O14P-2. The van der Waals surface area contributed by atoms with Crippen molar-refractivity contribution in [2.45, 2.75) is 61.4 Å². The molecule has 2 heterocycles. The van der Waals surface area contributed by atoms with Crippen LogP contribution in [0.4, 0.5) is 0 Å². The van der Waals surface area contributed by atoms with Gasteiger partial charge in [0.1, 0.15) is 48.8 Å². The molecule has 2 aliphatic rings.